The van der Waals surface area contributed by atoms with Crippen molar-refractivity contribution < 1.29 is 19.1 Å². The smallest absolute Gasteiger partial charge is 0.273 e. The van der Waals surface area contributed by atoms with Gasteiger partial charge >= 0.3 is 0 Å². The number of piperidine rings is 1. The fourth-order valence-corrected chi connectivity index (χ4v) is 4.73. The predicted molar refractivity (Wildman–Crippen MR) is 103 cm³/mol. The summed E-state index contributed by atoms with van der Waals surface area (Å²) in [6.45, 7) is 7.20. The van der Waals surface area contributed by atoms with Crippen LogP contribution >= 0.6 is 11.5 Å². The van der Waals surface area contributed by atoms with Crippen LogP contribution in [-0.2, 0) is 4.74 Å². The van der Waals surface area contributed by atoms with Crippen molar-refractivity contribution >= 4 is 22.6 Å². The average Bonchev–Trinajstić information content (AvgIpc) is 3.26. The number of rotatable bonds is 3. The normalized spacial score (nSPS) is 27.1. The third-order valence-electron chi connectivity index (χ3n) is 5.61. The van der Waals surface area contributed by atoms with E-state index in [1.165, 1.54) is 17.8 Å². The van der Waals surface area contributed by atoms with Gasteiger partial charge in [0.05, 0.1) is 23.9 Å². The number of aryl methyl sites for hydroxylation is 2. The van der Waals surface area contributed by atoms with Gasteiger partial charge in [-0.05, 0) is 26.7 Å². The molecule has 0 aromatic carbocycles. The molecule has 2 saturated heterocycles. The standard InChI is InChI=1S/C18H25N5O4S/c1-11-19-16(28-22-11)23-6-4-18(5-7-23)10-17(3,25)14(9-27-18)21-15(24)13-8-26-12(2)20-13/h8,14,25H,4-7,9-10H2,1-3H3,(H,21,24)/t14-,17-/m0/s1. The molecule has 2 aromatic rings. The van der Waals surface area contributed by atoms with Crippen molar-refractivity contribution in [3.63, 3.8) is 0 Å². The quantitative estimate of drug-likeness (QED) is 0.786. The van der Waals surface area contributed by atoms with Crippen molar-refractivity contribution in [2.45, 2.75) is 57.3 Å². The summed E-state index contributed by atoms with van der Waals surface area (Å²) in [5.41, 5.74) is -1.26. The van der Waals surface area contributed by atoms with Gasteiger partial charge in [0, 0.05) is 38.0 Å². The minimum Gasteiger partial charge on any atom is -0.448 e. The first-order valence-corrected chi connectivity index (χ1v) is 10.2. The van der Waals surface area contributed by atoms with Crippen molar-refractivity contribution in [3.05, 3.63) is 23.7 Å². The Hall–Kier alpha value is -2.04. The lowest BCUT2D eigenvalue weighted by Crippen LogP contribution is -2.64. The molecule has 2 fully saturated rings. The highest BCUT2D eigenvalue weighted by Crippen LogP contribution is 2.40. The van der Waals surface area contributed by atoms with E-state index in [9.17, 15) is 9.90 Å². The molecule has 152 valence electrons. The number of amides is 1. The van der Waals surface area contributed by atoms with Crippen LogP contribution in [0.2, 0.25) is 0 Å². The average molecular weight is 407 g/mol. The molecule has 2 aliphatic heterocycles. The summed E-state index contributed by atoms with van der Waals surface area (Å²) in [7, 11) is 0. The first-order valence-electron chi connectivity index (χ1n) is 9.41. The van der Waals surface area contributed by atoms with Crippen LogP contribution in [0.4, 0.5) is 5.13 Å². The Morgan fingerprint density at radius 3 is 2.68 bits per heavy atom. The van der Waals surface area contributed by atoms with Crippen molar-refractivity contribution in [2.75, 3.05) is 24.6 Å². The number of hydrogen-bond donors (Lipinski definition) is 2. The second-order valence-corrected chi connectivity index (χ2v) is 8.65. The molecular formula is C18H25N5O4S. The van der Waals surface area contributed by atoms with Crippen LogP contribution in [0.15, 0.2) is 10.7 Å². The van der Waals surface area contributed by atoms with Crippen LogP contribution < -0.4 is 10.2 Å². The molecule has 10 heteroatoms. The van der Waals surface area contributed by atoms with Gasteiger partial charge in [0.25, 0.3) is 5.91 Å². The summed E-state index contributed by atoms with van der Waals surface area (Å²) in [5, 5.41) is 14.8. The molecule has 0 saturated carbocycles. The summed E-state index contributed by atoms with van der Waals surface area (Å²) < 4.78 is 15.5. The summed E-state index contributed by atoms with van der Waals surface area (Å²) in [4.78, 5) is 23.1. The summed E-state index contributed by atoms with van der Waals surface area (Å²) in [6.07, 6.45) is 3.37. The van der Waals surface area contributed by atoms with E-state index in [1.807, 2.05) is 6.92 Å². The number of hydrogen-bond acceptors (Lipinski definition) is 9. The highest BCUT2D eigenvalue weighted by atomic mass is 32.1. The minimum atomic E-state index is -1.08. The molecule has 4 rings (SSSR count). The molecule has 0 unspecified atom stereocenters. The van der Waals surface area contributed by atoms with E-state index >= 15 is 0 Å². The number of nitrogens with zero attached hydrogens (tertiary/aromatic N) is 4. The van der Waals surface area contributed by atoms with Gasteiger partial charge in [-0.1, -0.05) is 0 Å². The van der Waals surface area contributed by atoms with E-state index < -0.39 is 11.6 Å². The Labute approximate surface area is 167 Å². The SMILES string of the molecule is Cc1nsc(N2CCC3(CC2)C[C@](C)(O)[C@@H](NC(=O)c2coc(C)n2)CO3)n1. The third-order valence-corrected chi connectivity index (χ3v) is 6.47. The lowest BCUT2D eigenvalue weighted by atomic mass is 9.76. The zero-order valence-electron chi connectivity index (χ0n) is 16.3. The van der Waals surface area contributed by atoms with Crippen molar-refractivity contribution in [2.24, 2.45) is 0 Å². The number of aromatic nitrogens is 3. The molecule has 4 heterocycles. The molecule has 28 heavy (non-hydrogen) atoms. The first kappa shape index (κ1) is 19.3. The Morgan fingerprint density at radius 1 is 1.36 bits per heavy atom. The monoisotopic (exact) mass is 407 g/mol. The van der Waals surface area contributed by atoms with Gasteiger partial charge in [-0.15, -0.1) is 0 Å². The summed E-state index contributed by atoms with van der Waals surface area (Å²) in [5.74, 6) is 0.842. The fraction of sp³-hybridized carbons (Fsp3) is 0.667. The van der Waals surface area contributed by atoms with Crippen LogP contribution in [-0.4, -0.2) is 62.3 Å². The first-order chi connectivity index (χ1) is 13.3. The zero-order valence-corrected chi connectivity index (χ0v) is 17.1. The molecule has 1 amide bonds. The number of anilines is 1. The maximum absolute atomic E-state index is 12.4. The van der Waals surface area contributed by atoms with Crippen LogP contribution in [0, 0.1) is 13.8 Å². The van der Waals surface area contributed by atoms with Gasteiger partial charge in [-0.3, -0.25) is 4.79 Å². The van der Waals surface area contributed by atoms with Crippen molar-refractivity contribution in [1.29, 1.82) is 0 Å². The number of carbonyl (C=O) groups is 1. The Morgan fingerprint density at radius 2 is 2.11 bits per heavy atom. The second-order valence-electron chi connectivity index (χ2n) is 7.92. The van der Waals surface area contributed by atoms with E-state index in [4.69, 9.17) is 9.15 Å². The molecule has 0 aliphatic carbocycles. The van der Waals surface area contributed by atoms with Crippen LogP contribution in [0.1, 0.15) is 48.4 Å². The Kier molecular flexibility index (Phi) is 4.88. The topological polar surface area (TPSA) is 114 Å². The molecule has 0 radical (unpaired) electrons. The Bertz CT molecular complexity index is 856. The van der Waals surface area contributed by atoms with Crippen LogP contribution in [0.5, 0.6) is 0 Å². The zero-order chi connectivity index (χ0) is 19.9. The number of ether oxygens (including phenoxy) is 1. The predicted octanol–water partition coefficient (Wildman–Crippen LogP) is 1.45. The summed E-state index contributed by atoms with van der Waals surface area (Å²) >= 11 is 1.41. The van der Waals surface area contributed by atoms with Gasteiger partial charge in [0.1, 0.15) is 12.1 Å². The number of nitrogens with one attached hydrogen (secondary N) is 1. The molecule has 9 nitrogen and oxygen atoms in total. The largest absolute Gasteiger partial charge is 0.448 e. The maximum atomic E-state index is 12.4. The van der Waals surface area contributed by atoms with Gasteiger partial charge in [-0.25, -0.2) is 9.97 Å². The maximum Gasteiger partial charge on any atom is 0.273 e. The molecule has 2 aliphatic rings. The lowest BCUT2D eigenvalue weighted by molar-refractivity contribution is -0.176. The van der Waals surface area contributed by atoms with Crippen LogP contribution in [0.25, 0.3) is 0 Å². The van der Waals surface area contributed by atoms with E-state index in [0.717, 1.165) is 36.9 Å². The van der Waals surface area contributed by atoms with E-state index in [0.29, 0.717) is 12.3 Å². The van der Waals surface area contributed by atoms with E-state index in [1.54, 1.807) is 13.8 Å². The van der Waals surface area contributed by atoms with Gasteiger partial charge in [0.15, 0.2) is 11.6 Å². The van der Waals surface area contributed by atoms with Crippen molar-refractivity contribution in [1.82, 2.24) is 19.7 Å². The van der Waals surface area contributed by atoms with E-state index in [2.05, 4.69) is 24.6 Å². The fourth-order valence-electron chi connectivity index (χ4n) is 4.00. The van der Waals surface area contributed by atoms with Crippen LogP contribution in [0.3, 0.4) is 0 Å². The number of aliphatic hydroxyl groups is 1. The molecular weight excluding hydrogens is 382 g/mol. The minimum absolute atomic E-state index is 0.203. The number of carbonyl (C=O) groups excluding carboxylic acids is 1. The van der Waals surface area contributed by atoms with Crippen molar-refractivity contribution in [3.8, 4) is 0 Å². The highest BCUT2D eigenvalue weighted by Gasteiger charge is 2.49. The van der Waals surface area contributed by atoms with Gasteiger partial charge < -0.3 is 24.5 Å². The second kappa shape index (κ2) is 7.09. The van der Waals surface area contributed by atoms with E-state index in [-0.39, 0.29) is 23.8 Å². The number of oxazole rings is 1. The highest BCUT2D eigenvalue weighted by molar-refractivity contribution is 7.09. The molecule has 1 spiro atoms. The Balaban J connectivity index is 1.38. The lowest BCUT2D eigenvalue weighted by Gasteiger charge is -2.51. The van der Waals surface area contributed by atoms with Gasteiger partial charge in [-0.2, -0.15) is 4.37 Å². The third kappa shape index (κ3) is 3.76. The molecule has 0 bridgehead atoms. The molecule has 2 atom stereocenters. The van der Waals surface area contributed by atoms with Gasteiger partial charge in [0.2, 0.25) is 5.13 Å². The summed E-state index contributed by atoms with van der Waals surface area (Å²) in [6, 6.07) is -0.508. The molecule has 2 aromatic heterocycles. The molecule has 2 N–H and O–H groups in total.